The number of piperazine rings is 1. The van der Waals surface area contributed by atoms with Crippen molar-refractivity contribution in [1.82, 2.24) is 24.1 Å². The molecule has 0 spiro atoms. The molecule has 2 aromatic heterocycles. The molecule has 4 aromatic rings. The maximum Gasteiger partial charge on any atom is 0.410 e. The Kier molecular flexibility index (Phi) is 7.59. The number of amides is 1. The molecule has 0 atom stereocenters. The van der Waals surface area contributed by atoms with E-state index in [2.05, 4.69) is 27.2 Å². The molecule has 0 aliphatic carbocycles. The van der Waals surface area contributed by atoms with Gasteiger partial charge >= 0.3 is 11.7 Å². The molecule has 1 saturated heterocycles. The smallest absolute Gasteiger partial charge is 0.410 e. The summed E-state index contributed by atoms with van der Waals surface area (Å²) in [6.45, 7) is 10.2. The minimum absolute atomic E-state index is 0.255. The number of aromatic nitrogens is 4. The van der Waals surface area contributed by atoms with Crippen molar-refractivity contribution in [1.29, 1.82) is 0 Å². The van der Waals surface area contributed by atoms with Crippen LogP contribution >= 0.6 is 23.4 Å². The van der Waals surface area contributed by atoms with Crippen LogP contribution in [0.3, 0.4) is 0 Å². The third kappa shape index (κ3) is 5.77. The number of thioether (sulfide) groups is 1. The molecule has 0 unspecified atom stereocenters. The van der Waals surface area contributed by atoms with Gasteiger partial charge in [-0.15, -0.1) is 10.2 Å². The first kappa shape index (κ1) is 27.1. The highest BCUT2D eigenvalue weighted by atomic mass is 35.5. The van der Waals surface area contributed by atoms with Gasteiger partial charge in [-0.2, -0.15) is 0 Å². The number of hydrogen-bond donors (Lipinski definition) is 0. The van der Waals surface area contributed by atoms with Gasteiger partial charge in [0.25, 0.3) is 0 Å². The number of rotatable bonds is 5. The van der Waals surface area contributed by atoms with E-state index in [4.69, 9.17) is 16.3 Å². The Bertz CT molecular complexity index is 1570. The maximum absolute atomic E-state index is 13.2. The molecular formula is C28H31ClN6O3S. The minimum Gasteiger partial charge on any atom is -0.444 e. The summed E-state index contributed by atoms with van der Waals surface area (Å²) in [5.74, 6) is 0.653. The summed E-state index contributed by atoms with van der Waals surface area (Å²) in [5, 5.41) is 9.75. The number of hydrogen-bond acceptors (Lipinski definition) is 7. The molecule has 11 heteroatoms. The second kappa shape index (κ2) is 10.9. The van der Waals surface area contributed by atoms with Crippen LogP contribution in [0.2, 0.25) is 5.02 Å². The van der Waals surface area contributed by atoms with E-state index >= 15 is 0 Å². The molecular weight excluding hydrogens is 536 g/mol. The Balaban J connectivity index is 1.30. The Labute approximate surface area is 236 Å². The highest BCUT2D eigenvalue weighted by molar-refractivity contribution is 7.98. The molecule has 5 rings (SSSR count). The van der Waals surface area contributed by atoms with Gasteiger partial charge in [0, 0.05) is 55.0 Å². The summed E-state index contributed by atoms with van der Waals surface area (Å²) >= 11 is 7.80. The van der Waals surface area contributed by atoms with E-state index in [0.717, 1.165) is 29.9 Å². The first-order chi connectivity index (χ1) is 18.6. The number of benzene rings is 2. The van der Waals surface area contributed by atoms with E-state index in [1.165, 1.54) is 11.8 Å². The van der Waals surface area contributed by atoms with Crippen molar-refractivity contribution in [3.63, 3.8) is 0 Å². The van der Waals surface area contributed by atoms with E-state index in [0.29, 0.717) is 34.7 Å². The standard InChI is InChI=1S/C28H31ClN6O3S/c1-19-21(29)9-7-11-22(19)34-16-17-35-24(25(34)36)30-31-26(35)39-18-20-8-5-6-10-23(20)32-12-14-33(15-13-32)27(37)38-28(2,3)4/h5-11,16-17H,12-15,18H2,1-4H3. The summed E-state index contributed by atoms with van der Waals surface area (Å²) in [7, 11) is 0. The van der Waals surface area contributed by atoms with Crippen molar-refractivity contribution < 1.29 is 9.53 Å². The van der Waals surface area contributed by atoms with Crippen molar-refractivity contribution >= 4 is 40.8 Å². The van der Waals surface area contributed by atoms with E-state index in [1.807, 2.05) is 52.0 Å². The molecule has 1 amide bonds. The van der Waals surface area contributed by atoms with Crippen LogP contribution in [0.4, 0.5) is 10.5 Å². The zero-order chi connectivity index (χ0) is 27.7. The molecule has 0 N–H and O–H groups in total. The molecule has 0 radical (unpaired) electrons. The number of para-hydroxylation sites is 1. The maximum atomic E-state index is 13.2. The Morgan fingerprint density at radius 2 is 1.72 bits per heavy atom. The SMILES string of the molecule is Cc1c(Cl)cccc1-n1ccn2c(SCc3ccccc3N3CCN(C(=O)OC(C)(C)C)CC3)nnc2c1=O. The lowest BCUT2D eigenvalue weighted by atomic mass is 10.1. The Hall–Kier alpha value is -3.50. The molecule has 39 heavy (non-hydrogen) atoms. The first-order valence-corrected chi connectivity index (χ1v) is 14.1. The molecule has 1 fully saturated rings. The van der Waals surface area contributed by atoms with Crippen molar-refractivity contribution in [2.24, 2.45) is 0 Å². The predicted molar refractivity (Wildman–Crippen MR) is 154 cm³/mol. The fourth-order valence-corrected chi connectivity index (χ4v) is 5.63. The van der Waals surface area contributed by atoms with Gasteiger partial charge in [0.05, 0.1) is 5.69 Å². The highest BCUT2D eigenvalue weighted by Crippen LogP contribution is 2.29. The molecule has 204 valence electrons. The van der Waals surface area contributed by atoms with Crippen molar-refractivity contribution in [2.45, 2.75) is 44.2 Å². The largest absolute Gasteiger partial charge is 0.444 e. The summed E-state index contributed by atoms with van der Waals surface area (Å²) in [4.78, 5) is 29.8. The lowest BCUT2D eigenvalue weighted by Crippen LogP contribution is -2.50. The van der Waals surface area contributed by atoms with E-state index < -0.39 is 5.60 Å². The number of fused-ring (bicyclic) bond motifs is 1. The average molecular weight is 567 g/mol. The number of anilines is 1. The van der Waals surface area contributed by atoms with Crippen LogP contribution in [0.25, 0.3) is 11.3 Å². The molecule has 1 aliphatic heterocycles. The number of halogens is 1. The van der Waals surface area contributed by atoms with Gasteiger partial charge in [-0.05, 0) is 57.0 Å². The van der Waals surface area contributed by atoms with E-state index in [9.17, 15) is 9.59 Å². The monoisotopic (exact) mass is 566 g/mol. The number of nitrogens with zero attached hydrogens (tertiary/aromatic N) is 6. The summed E-state index contributed by atoms with van der Waals surface area (Å²) in [6, 6.07) is 13.7. The Morgan fingerprint density at radius 1 is 1.00 bits per heavy atom. The van der Waals surface area contributed by atoms with Gasteiger partial charge < -0.3 is 14.5 Å². The van der Waals surface area contributed by atoms with Gasteiger partial charge in [-0.3, -0.25) is 13.8 Å². The second-order valence-corrected chi connectivity index (χ2v) is 11.8. The third-order valence-corrected chi connectivity index (χ3v) is 7.96. The predicted octanol–water partition coefficient (Wildman–Crippen LogP) is 5.19. The van der Waals surface area contributed by atoms with Gasteiger partial charge in [0.15, 0.2) is 5.16 Å². The topological polar surface area (TPSA) is 85.0 Å². The van der Waals surface area contributed by atoms with E-state index in [1.54, 1.807) is 32.3 Å². The zero-order valence-electron chi connectivity index (χ0n) is 22.4. The van der Waals surface area contributed by atoms with Gasteiger partial charge in [-0.25, -0.2) is 4.79 Å². The fraction of sp³-hybridized carbons (Fsp3) is 0.357. The summed E-state index contributed by atoms with van der Waals surface area (Å²) in [6.07, 6.45) is 3.26. The quantitative estimate of drug-likeness (QED) is 0.307. The van der Waals surface area contributed by atoms with Crippen molar-refractivity contribution in [3.05, 3.63) is 81.4 Å². The lowest BCUT2D eigenvalue weighted by molar-refractivity contribution is 0.0240. The number of carbonyl (C=O) groups is 1. The van der Waals surface area contributed by atoms with Crippen LogP contribution in [0.5, 0.6) is 0 Å². The van der Waals surface area contributed by atoms with Gasteiger partial charge in [0.2, 0.25) is 5.65 Å². The molecule has 0 bridgehead atoms. The molecule has 9 nitrogen and oxygen atoms in total. The molecule has 3 heterocycles. The second-order valence-electron chi connectivity index (χ2n) is 10.4. The van der Waals surface area contributed by atoms with Crippen LogP contribution in [0.15, 0.2) is 64.8 Å². The minimum atomic E-state index is -0.509. The third-order valence-electron chi connectivity index (χ3n) is 6.56. The van der Waals surface area contributed by atoms with Crippen LogP contribution in [0.1, 0.15) is 31.9 Å². The normalized spacial score (nSPS) is 14.2. The van der Waals surface area contributed by atoms with E-state index in [-0.39, 0.29) is 17.3 Å². The number of carbonyl (C=O) groups excluding carboxylic acids is 1. The average Bonchev–Trinajstić information content (AvgIpc) is 3.33. The number of ether oxygens (including phenoxy) is 1. The zero-order valence-corrected chi connectivity index (χ0v) is 24.0. The molecule has 0 saturated carbocycles. The van der Waals surface area contributed by atoms with Crippen LogP contribution in [-0.4, -0.2) is 61.9 Å². The Morgan fingerprint density at radius 3 is 2.46 bits per heavy atom. The van der Waals surface area contributed by atoms with Crippen LogP contribution < -0.4 is 10.5 Å². The summed E-state index contributed by atoms with van der Waals surface area (Å²) < 4.78 is 8.80. The lowest BCUT2D eigenvalue weighted by Gasteiger charge is -2.37. The van der Waals surface area contributed by atoms with Crippen molar-refractivity contribution in [3.8, 4) is 5.69 Å². The molecule has 1 aliphatic rings. The van der Waals surface area contributed by atoms with Gasteiger partial charge in [-0.1, -0.05) is 47.6 Å². The van der Waals surface area contributed by atoms with Crippen molar-refractivity contribution in [2.75, 3.05) is 31.1 Å². The van der Waals surface area contributed by atoms with Gasteiger partial charge in [0.1, 0.15) is 5.60 Å². The fourth-order valence-electron chi connectivity index (χ4n) is 4.55. The highest BCUT2D eigenvalue weighted by Gasteiger charge is 2.26. The summed E-state index contributed by atoms with van der Waals surface area (Å²) in [5.41, 5.74) is 3.30. The van der Waals surface area contributed by atoms with Crippen LogP contribution in [-0.2, 0) is 10.5 Å². The molecule has 2 aromatic carbocycles. The van der Waals surface area contributed by atoms with Crippen LogP contribution in [0, 0.1) is 6.92 Å². The first-order valence-electron chi connectivity index (χ1n) is 12.8.